The molecule has 3 aromatic rings. The highest BCUT2D eigenvalue weighted by atomic mass is 32.2. The Morgan fingerprint density at radius 2 is 2.11 bits per heavy atom. The molecule has 0 amide bonds. The van der Waals surface area contributed by atoms with Crippen LogP contribution in [0.5, 0.6) is 0 Å². The first kappa shape index (κ1) is 11.7. The molecule has 0 aliphatic rings. The highest BCUT2D eigenvalue weighted by molar-refractivity contribution is 7.98. The van der Waals surface area contributed by atoms with Crippen molar-refractivity contribution >= 4 is 28.1 Å². The number of benzene rings is 1. The first-order valence-electron chi connectivity index (χ1n) is 5.49. The molecule has 0 spiro atoms. The van der Waals surface area contributed by atoms with Gasteiger partial charge in [0.25, 0.3) is 0 Å². The summed E-state index contributed by atoms with van der Waals surface area (Å²) >= 11 is 3.29. The predicted molar refractivity (Wildman–Crippen MR) is 76.0 cm³/mol. The average molecular weight is 276 g/mol. The van der Waals surface area contributed by atoms with E-state index in [1.807, 2.05) is 22.0 Å². The standard InChI is InChI=1S/C12H12N4S2/c1-17-10-4-2-8(3-5-10)11-14-12-16(15-11)9(6-13)7-18-12/h2-5,7H,6,13H2,1H3. The normalized spacial score (nSPS) is 11.2. The molecule has 1 aromatic carbocycles. The molecule has 0 fully saturated rings. The average Bonchev–Trinajstić information content (AvgIpc) is 2.98. The maximum Gasteiger partial charge on any atom is 0.212 e. The lowest BCUT2D eigenvalue weighted by molar-refractivity contribution is 0.868. The summed E-state index contributed by atoms with van der Waals surface area (Å²) in [5.74, 6) is 0.754. The summed E-state index contributed by atoms with van der Waals surface area (Å²) in [6.07, 6.45) is 2.06. The molecule has 92 valence electrons. The Kier molecular flexibility index (Phi) is 3.07. The zero-order chi connectivity index (χ0) is 12.5. The van der Waals surface area contributed by atoms with Crippen LogP contribution in [0.3, 0.4) is 0 Å². The van der Waals surface area contributed by atoms with Crippen molar-refractivity contribution in [3.8, 4) is 11.4 Å². The molecule has 0 atom stereocenters. The molecule has 0 saturated carbocycles. The maximum atomic E-state index is 5.66. The van der Waals surface area contributed by atoms with E-state index in [9.17, 15) is 0 Å². The Morgan fingerprint density at radius 3 is 2.78 bits per heavy atom. The first-order valence-corrected chi connectivity index (χ1v) is 7.60. The van der Waals surface area contributed by atoms with Crippen molar-refractivity contribution < 1.29 is 0 Å². The van der Waals surface area contributed by atoms with Crippen molar-refractivity contribution in [1.82, 2.24) is 14.6 Å². The van der Waals surface area contributed by atoms with Crippen LogP contribution in [0.4, 0.5) is 0 Å². The Labute approximate surface area is 113 Å². The van der Waals surface area contributed by atoms with Gasteiger partial charge < -0.3 is 5.73 Å². The van der Waals surface area contributed by atoms with Gasteiger partial charge in [-0.15, -0.1) is 28.2 Å². The van der Waals surface area contributed by atoms with Gasteiger partial charge in [0.15, 0.2) is 5.82 Å². The number of thioether (sulfide) groups is 1. The van der Waals surface area contributed by atoms with Gasteiger partial charge in [0, 0.05) is 22.4 Å². The zero-order valence-corrected chi connectivity index (χ0v) is 11.5. The summed E-state index contributed by atoms with van der Waals surface area (Å²) in [6.45, 7) is 0.480. The van der Waals surface area contributed by atoms with E-state index in [-0.39, 0.29) is 0 Å². The lowest BCUT2D eigenvalue weighted by Crippen LogP contribution is -2.00. The molecular formula is C12H12N4S2. The van der Waals surface area contributed by atoms with Crippen LogP contribution in [0.2, 0.25) is 0 Å². The number of hydrogen-bond acceptors (Lipinski definition) is 5. The molecule has 2 aromatic heterocycles. The van der Waals surface area contributed by atoms with Crippen LogP contribution in [-0.2, 0) is 6.54 Å². The van der Waals surface area contributed by atoms with Gasteiger partial charge in [-0.2, -0.15) is 4.98 Å². The molecule has 0 aliphatic heterocycles. The van der Waals surface area contributed by atoms with E-state index in [4.69, 9.17) is 5.73 Å². The third-order valence-electron chi connectivity index (χ3n) is 2.71. The zero-order valence-electron chi connectivity index (χ0n) is 9.83. The molecule has 0 saturated heterocycles. The van der Waals surface area contributed by atoms with E-state index in [2.05, 4.69) is 28.5 Å². The topological polar surface area (TPSA) is 56.2 Å². The van der Waals surface area contributed by atoms with Gasteiger partial charge in [-0.1, -0.05) is 12.1 Å². The smallest absolute Gasteiger partial charge is 0.212 e. The first-order chi connectivity index (χ1) is 8.81. The fourth-order valence-electron chi connectivity index (χ4n) is 1.73. The van der Waals surface area contributed by atoms with Crippen LogP contribution in [0, 0.1) is 0 Å². The summed E-state index contributed by atoms with van der Waals surface area (Å²) in [5, 5.41) is 6.49. The van der Waals surface area contributed by atoms with Crippen molar-refractivity contribution in [2.75, 3.05) is 6.26 Å². The minimum Gasteiger partial charge on any atom is -0.325 e. The number of nitrogens with two attached hydrogens (primary N) is 1. The van der Waals surface area contributed by atoms with Crippen LogP contribution in [-0.4, -0.2) is 20.9 Å². The van der Waals surface area contributed by atoms with E-state index >= 15 is 0 Å². The number of fused-ring (bicyclic) bond motifs is 1. The van der Waals surface area contributed by atoms with E-state index < -0.39 is 0 Å². The lowest BCUT2D eigenvalue weighted by atomic mass is 10.2. The molecule has 0 radical (unpaired) electrons. The van der Waals surface area contributed by atoms with Crippen molar-refractivity contribution in [3.05, 3.63) is 35.3 Å². The summed E-state index contributed by atoms with van der Waals surface area (Å²) < 4.78 is 1.82. The highest BCUT2D eigenvalue weighted by Crippen LogP contribution is 2.23. The summed E-state index contributed by atoms with van der Waals surface area (Å²) in [6, 6.07) is 8.26. The summed E-state index contributed by atoms with van der Waals surface area (Å²) in [5.41, 5.74) is 7.69. The Balaban J connectivity index is 2.04. The van der Waals surface area contributed by atoms with Gasteiger partial charge in [0.05, 0.1) is 5.69 Å². The number of aromatic nitrogens is 3. The lowest BCUT2D eigenvalue weighted by Gasteiger charge is -1.97. The Hall–Kier alpha value is -1.37. The molecular weight excluding hydrogens is 264 g/mol. The molecule has 0 bridgehead atoms. The van der Waals surface area contributed by atoms with E-state index in [1.165, 1.54) is 4.90 Å². The molecule has 2 heterocycles. The minimum absolute atomic E-state index is 0.480. The van der Waals surface area contributed by atoms with Gasteiger partial charge in [0.1, 0.15) is 0 Å². The fourth-order valence-corrected chi connectivity index (χ4v) is 2.97. The molecule has 4 nitrogen and oxygen atoms in total. The second-order valence-electron chi connectivity index (χ2n) is 3.79. The van der Waals surface area contributed by atoms with Crippen LogP contribution >= 0.6 is 23.1 Å². The number of thiazole rings is 1. The summed E-state index contributed by atoms with van der Waals surface area (Å²) in [4.78, 5) is 6.64. The predicted octanol–water partition coefficient (Wildman–Crippen LogP) is 2.64. The van der Waals surface area contributed by atoms with Crippen LogP contribution in [0.25, 0.3) is 16.3 Å². The third-order valence-corrected chi connectivity index (χ3v) is 4.32. The fraction of sp³-hybridized carbons (Fsp3) is 0.167. The van der Waals surface area contributed by atoms with Gasteiger partial charge in [-0.25, -0.2) is 4.52 Å². The number of nitrogens with zero attached hydrogens (tertiary/aromatic N) is 3. The van der Waals surface area contributed by atoms with Crippen LogP contribution in [0.1, 0.15) is 5.69 Å². The van der Waals surface area contributed by atoms with Gasteiger partial charge in [-0.3, -0.25) is 0 Å². The highest BCUT2D eigenvalue weighted by Gasteiger charge is 2.10. The number of hydrogen-bond donors (Lipinski definition) is 1. The van der Waals surface area contributed by atoms with Crippen molar-refractivity contribution in [2.24, 2.45) is 5.73 Å². The van der Waals surface area contributed by atoms with E-state index in [1.54, 1.807) is 23.1 Å². The molecule has 0 aliphatic carbocycles. The summed E-state index contributed by atoms with van der Waals surface area (Å²) in [7, 11) is 0. The quantitative estimate of drug-likeness (QED) is 0.747. The van der Waals surface area contributed by atoms with Gasteiger partial charge in [-0.05, 0) is 18.4 Å². The van der Waals surface area contributed by atoms with Crippen molar-refractivity contribution in [2.45, 2.75) is 11.4 Å². The maximum absolute atomic E-state index is 5.66. The molecule has 3 rings (SSSR count). The molecule has 18 heavy (non-hydrogen) atoms. The van der Waals surface area contributed by atoms with E-state index in [0.717, 1.165) is 22.0 Å². The minimum atomic E-state index is 0.480. The monoisotopic (exact) mass is 276 g/mol. The van der Waals surface area contributed by atoms with E-state index in [0.29, 0.717) is 6.54 Å². The molecule has 2 N–H and O–H groups in total. The van der Waals surface area contributed by atoms with Crippen LogP contribution in [0.15, 0.2) is 34.5 Å². The third kappa shape index (κ3) is 1.92. The van der Waals surface area contributed by atoms with Crippen molar-refractivity contribution in [1.29, 1.82) is 0 Å². The Bertz CT molecular complexity index is 669. The second-order valence-corrected chi connectivity index (χ2v) is 5.51. The Morgan fingerprint density at radius 1 is 1.33 bits per heavy atom. The second kappa shape index (κ2) is 4.72. The number of rotatable bonds is 3. The van der Waals surface area contributed by atoms with Crippen LogP contribution < -0.4 is 5.73 Å². The van der Waals surface area contributed by atoms with Gasteiger partial charge in [0.2, 0.25) is 4.96 Å². The largest absolute Gasteiger partial charge is 0.325 e. The molecule has 6 heteroatoms. The molecule has 0 unspecified atom stereocenters. The van der Waals surface area contributed by atoms with Crippen molar-refractivity contribution in [3.63, 3.8) is 0 Å². The van der Waals surface area contributed by atoms with Gasteiger partial charge >= 0.3 is 0 Å². The SMILES string of the molecule is CSc1ccc(-c2nc3scc(CN)n3n2)cc1.